The number of hydrogen-bond acceptors (Lipinski definition) is 3. The molecule has 0 radical (unpaired) electrons. The van der Waals surface area contributed by atoms with Gasteiger partial charge in [-0.25, -0.2) is 0 Å². The molecule has 4 bridgehead atoms. The normalized spacial score (nSPS) is 45.6. The molecule has 0 saturated heterocycles. The van der Waals surface area contributed by atoms with Crippen molar-refractivity contribution in [2.24, 2.45) is 29.4 Å². The fourth-order valence-electron chi connectivity index (χ4n) is 5.58. The maximum absolute atomic E-state index is 8.99. The van der Waals surface area contributed by atoms with Crippen molar-refractivity contribution in [1.82, 2.24) is 5.32 Å². The average molecular weight is 266 g/mol. The molecule has 4 saturated carbocycles. The van der Waals surface area contributed by atoms with Gasteiger partial charge in [0.25, 0.3) is 0 Å². The number of nitrogens with one attached hydrogen (secondary N) is 1. The summed E-state index contributed by atoms with van der Waals surface area (Å²) in [4.78, 5) is 0. The molecule has 4 aliphatic carbocycles. The maximum Gasteiger partial charge on any atom is 0.0431 e. The lowest BCUT2D eigenvalue weighted by Crippen LogP contribution is -2.69. The molecule has 1 atom stereocenters. The second kappa shape index (κ2) is 5.34. The van der Waals surface area contributed by atoms with Crippen LogP contribution in [-0.4, -0.2) is 29.8 Å². The van der Waals surface area contributed by atoms with E-state index in [1.165, 1.54) is 32.1 Å². The molecule has 0 spiro atoms. The number of aliphatic hydroxyl groups excluding tert-OH is 1. The van der Waals surface area contributed by atoms with Crippen molar-refractivity contribution in [2.75, 3.05) is 13.2 Å². The molecule has 0 amide bonds. The van der Waals surface area contributed by atoms with Gasteiger partial charge in [0.15, 0.2) is 0 Å². The first-order valence-corrected chi connectivity index (χ1v) is 8.26. The SMILES string of the molecule is CC(CCCO)NC1(CN)C2CC3CC(C2)CC1C3. The van der Waals surface area contributed by atoms with E-state index in [4.69, 9.17) is 10.8 Å². The Morgan fingerprint density at radius 1 is 1.16 bits per heavy atom. The molecule has 19 heavy (non-hydrogen) atoms. The maximum atomic E-state index is 8.99. The van der Waals surface area contributed by atoms with Crippen LogP contribution in [0.4, 0.5) is 0 Å². The lowest BCUT2D eigenvalue weighted by Gasteiger charge is -2.62. The Morgan fingerprint density at radius 2 is 1.74 bits per heavy atom. The van der Waals surface area contributed by atoms with Crippen LogP contribution in [0.5, 0.6) is 0 Å². The Labute approximate surface area is 117 Å². The third-order valence-corrected chi connectivity index (χ3v) is 6.24. The first-order valence-electron chi connectivity index (χ1n) is 8.26. The van der Waals surface area contributed by atoms with Gasteiger partial charge >= 0.3 is 0 Å². The highest BCUT2D eigenvalue weighted by molar-refractivity contribution is 5.12. The van der Waals surface area contributed by atoms with E-state index in [1.807, 2.05) is 0 Å². The number of aliphatic hydroxyl groups is 1. The summed E-state index contributed by atoms with van der Waals surface area (Å²) in [5, 5.41) is 12.9. The monoisotopic (exact) mass is 266 g/mol. The summed E-state index contributed by atoms with van der Waals surface area (Å²) in [5.41, 5.74) is 6.46. The smallest absolute Gasteiger partial charge is 0.0431 e. The van der Waals surface area contributed by atoms with Gasteiger partial charge in [0.05, 0.1) is 0 Å². The Morgan fingerprint density at radius 3 is 2.21 bits per heavy atom. The number of rotatable bonds is 6. The van der Waals surface area contributed by atoms with Gasteiger partial charge in [-0.3, -0.25) is 0 Å². The van der Waals surface area contributed by atoms with Crippen LogP contribution in [0.3, 0.4) is 0 Å². The molecular formula is C16H30N2O. The van der Waals surface area contributed by atoms with E-state index in [-0.39, 0.29) is 5.54 Å². The van der Waals surface area contributed by atoms with Crippen LogP contribution in [0, 0.1) is 23.7 Å². The van der Waals surface area contributed by atoms with Gasteiger partial charge < -0.3 is 16.2 Å². The molecule has 3 nitrogen and oxygen atoms in total. The van der Waals surface area contributed by atoms with Crippen molar-refractivity contribution >= 4 is 0 Å². The minimum atomic E-state index is 0.211. The lowest BCUT2D eigenvalue weighted by atomic mass is 9.48. The summed E-state index contributed by atoms with van der Waals surface area (Å²) < 4.78 is 0. The quantitative estimate of drug-likeness (QED) is 0.688. The van der Waals surface area contributed by atoms with Crippen LogP contribution in [0.25, 0.3) is 0 Å². The summed E-state index contributed by atoms with van der Waals surface area (Å²) >= 11 is 0. The summed E-state index contributed by atoms with van der Waals surface area (Å²) in [6.45, 7) is 3.36. The molecule has 0 aromatic carbocycles. The number of hydrogen-bond donors (Lipinski definition) is 3. The fourth-order valence-corrected chi connectivity index (χ4v) is 5.58. The Bertz CT molecular complexity index is 290. The van der Waals surface area contributed by atoms with Gasteiger partial charge in [0.1, 0.15) is 0 Å². The number of nitrogens with two attached hydrogens (primary N) is 1. The van der Waals surface area contributed by atoms with Crippen LogP contribution < -0.4 is 11.1 Å². The fraction of sp³-hybridized carbons (Fsp3) is 1.00. The molecule has 4 fully saturated rings. The highest BCUT2D eigenvalue weighted by atomic mass is 16.2. The van der Waals surface area contributed by atoms with Crippen LogP contribution in [0.2, 0.25) is 0 Å². The molecule has 3 heteroatoms. The van der Waals surface area contributed by atoms with E-state index >= 15 is 0 Å². The third-order valence-electron chi connectivity index (χ3n) is 6.24. The van der Waals surface area contributed by atoms with Crippen molar-refractivity contribution in [3.05, 3.63) is 0 Å². The molecule has 0 aromatic rings. The molecule has 110 valence electrons. The minimum Gasteiger partial charge on any atom is -0.396 e. The van der Waals surface area contributed by atoms with E-state index in [0.717, 1.165) is 43.1 Å². The minimum absolute atomic E-state index is 0.211. The molecule has 4 N–H and O–H groups in total. The average Bonchev–Trinajstić information content (AvgIpc) is 2.40. The van der Waals surface area contributed by atoms with Crippen LogP contribution in [0.1, 0.15) is 51.9 Å². The van der Waals surface area contributed by atoms with Crippen LogP contribution in [0.15, 0.2) is 0 Å². The van der Waals surface area contributed by atoms with Crippen molar-refractivity contribution in [1.29, 1.82) is 0 Å². The Kier molecular flexibility index (Phi) is 3.89. The van der Waals surface area contributed by atoms with Gasteiger partial charge in [-0.2, -0.15) is 0 Å². The Hall–Kier alpha value is -0.120. The molecular weight excluding hydrogens is 236 g/mol. The zero-order chi connectivity index (χ0) is 13.5. The van der Waals surface area contributed by atoms with Crippen LogP contribution in [-0.2, 0) is 0 Å². The first-order chi connectivity index (χ1) is 9.18. The first kappa shape index (κ1) is 13.8. The van der Waals surface area contributed by atoms with Crippen molar-refractivity contribution in [3.63, 3.8) is 0 Å². The molecule has 1 unspecified atom stereocenters. The topological polar surface area (TPSA) is 58.3 Å². The Balaban J connectivity index is 1.72. The van der Waals surface area contributed by atoms with E-state index in [1.54, 1.807) is 0 Å². The largest absolute Gasteiger partial charge is 0.396 e. The summed E-state index contributed by atoms with van der Waals surface area (Å²) in [6, 6.07) is 0.480. The second-order valence-corrected chi connectivity index (χ2v) is 7.46. The molecule has 0 aliphatic heterocycles. The van der Waals surface area contributed by atoms with Crippen LogP contribution >= 0.6 is 0 Å². The van der Waals surface area contributed by atoms with E-state index in [9.17, 15) is 0 Å². The predicted molar refractivity (Wildman–Crippen MR) is 77.7 cm³/mol. The second-order valence-electron chi connectivity index (χ2n) is 7.46. The third kappa shape index (κ3) is 2.34. The highest BCUT2D eigenvalue weighted by Gasteiger charge is 2.56. The van der Waals surface area contributed by atoms with Crippen molar-refractivity contribution in [2.45, 2.75) is 63.5 Å². The van der Waals surface area contributed by atoms with E-state index < -0.39 is 0 Å². The molecule has 4 rings (SSSR count). The van der Waals surface area contributed by atoms with Crippen molar-refractivity contribution < 1.29 is 5.11 Å². The van der Waals surface area contributed by atoms with Gasteiger partial charge in [0.2, 0.25) is 0 Å². The summed E-state index contributed by atoms with van der Waals surface area (Å²) in [6.07, 6.45) is 9.08. The lowest BCUT2D eigenvalue weighted by molar-refractivity contribution is -0.0737. The molecule has 4 aliphatic rings. The summed E-state index contributed by atoms with van der Waals surface area (Å²) in [7, 11) is 0. The van der Waals surface area contributed by atoms with Gasteiger partial charge in [0, 0.05) is 24.7 Å². The van der Waals surface area contributed by atoms with Crippen molar-refractivity contribution in [3.8, 4) is 0 Å². The highest BCUT2D eigenvalue weighted by Crippen LogP contribution is 2.58. The summed E-state index contributed by atoms with van der Waals surface area (Å²) in [5.74, 6) is 3.61. The van der Waals surface area contributed by atoms with Gasteiger partial charge in [-0.05, 0) is 75.5 Å². The van der Waals surface area contributed by atoms with Gasteiger partial charge in [-0.15, -0.1) is 0 Å². The van der Waals surface area contributed by atoms with E-state index in [0.29, 0.717) is 12.6 Å². The zero-order valence-electron chi connectivity index (χ0n) is 12.3. The molecule has 0 heterocycles. The van der Waals surface area contributed by atoms with Gasteiger partial charge in [-0.1, -0.05) is 0 Å². The molecule has 0 aromatic heterocycles. The predicted octanol–water partition coefficient (Wildman–Crippen LogP) is 1.89. The standard InChI is InChI=1S/C16H30N2O/c1-11(3-2-4-19)18-16(10-17)14-6-12-5-13(8-14)9-15(16)7-12/h11-15,18-19H,2-10,17H2,1H3. The zero-order valence-corrected chi connectivity index (χ0v) is 12.3. The van der Waals surface area contributed by atoms with E-state index in [2.05, 4.69) is 12.2 Å².